The van der Waals surface area contributed by atoms with Crippen LogP contribution in [0.5, 0.6) is 5.75 Å². The van der Waals surface area contributed by atoms with Gasteiger partial charge in [-0.1, -0.05) is 30.3 Å². The molecule has 2 unspecified atom stereocenters. The Morgan fingerprint density at radius 1 is 1.08 bits per heavy atom. The number of rotatable bonds is 8. The molecule has 0 aliphatic carbocycles. The molecule has 2 N–H and O–H groups in total. The van der Waals surface area contributed by atoms with Gasteiger partial charge in [0.15, 0.2) is 0 Å². The van der Waals surface area contributed by atoms with E-state index in [-0.39, 0.29) is 13.0 Å². The highest BCUT2D eigenvalue weighted by Crippen LogP contribution is 2.30. The predicted octanol–water partition coefficient (Wildman–Crippen LogP) is 3.85. The van der Waals surface area contributed by atoms with Crippen molar-refractivity contribution in [1.29, 1.82) is 0 Å². The molecular weight excluding hydrogens is 463 g/mol. The van der Waals surface area contributed by atoms with Crippen molar-refractivity contribution < 1.29 is 28.9 Å². The van der Waals surface area contributed by atoms with Gasteiger partial charge in [0.05, 0.1) is 12.7 Å². The van der Waals surface area contributed by atoms with E-state index in [1.165, 1.54) is 4.90 Å². The van der Waals surface area contributed by atoms with Crippen molar-refractivity contribution in [1.82, 2.24) is 9.80 Å². The first-order valence-corrected chi connectivity index (χ1v) is 12.6. The fraction of sp³-hybridized carbons (Fsp3) is 0.500. The average molecular weight is 499 g/mol. The molecule has 7 nitrogen and oxygen atoms in total. The molecule has 36 heavy (non-hydrogen) atoms. The number of ether oxygens (including phenoxy) is 1. The second-order valence-electron chi connectivity index (χ2n) is 10.5. The van der Waals surface area contributed by atoms with Gasteiger partial charge in [-0.05, 0) is 75.0 Å². The van der Waals surface area contributed by atoms with Crippen LogP contribution in [0.3, 0.4) is 0 Å². The molecular formula is C28H35FN2O5. The molecule has 0 saturated carbocycles. The zero-order valence-electron chi connectivity index (χ0n) is 20.9. The number of β-amino-alcohol motifs (C(OH)–C–C–N with tert-alkyl or cyclic N) is 1. The predicted molar refractivity (Wildman–Crippen MR) is 135 cm³/mol. The molecule has 2 aromatic carbocycles. The van der Waals surface area contributed by atoms with Gasteiger partial charge in [0.25, 0.3) is 5.91 Å². The summed E-state index contributed by atoms with van der Waals surface area (Å²) in [6, 6.07) is 13.6. The minimum absolute atomic E-state index is 0.00137. The first-order valence-electron chi connectivity index (χ1n) is 12.6. The molecule has 4 rings (SSSR count). The molecule has 1 amide bonds. The summed E-state index contributed by atoms with van der Waals surface area (Å²) in [5.41, 5.74) is 0.736. The zero-order valence-corrected chi connectivity index (χ0v) is 20.9. The Balaban J connectivity index is 1.38. The number of aliphatic hydroxyl groups is 1. The van der Waals surface area contributed by atoms with Crippen molar-refractivity contribution in [3.63, 3.8) is 0 Å². The number of benzene rings is 2. The Hall–Kier alpha value is -2.97. The number of piperidine rings is 1. The van der Waals surface area contributed by atoms with E-state index in [1.54, 1.807) is 26.0 Å². The number of aliphatic carboxylic acids is 1. The van der Waals surface area contributed by atoms with E-state index in [0.717, 1.165) is 37.2 Å². The molecule has 0 bridgehead atoms. The van der Waals surface area contributed by atoms with Crippen molar-refractivity contribution in [2.45, 2.75) is 50.9 Å². The fourth-order valence-electron chi connectivity index (χ4n) is 5.14. The number of nitrogens with zero attached hydrogens (tertiary/aromatic N) is 2. The minimum atomic E-state index is -1.18. The average Bonchev–Trinajstić information content (AvgIpc) is 3.25. The molecule has 2 heterocycles. The topological polar surface area (TPSA) is 90.3 Å². The summed E-state index contributed by atoms with van der Waals surface area (Å²) in [5.74, 6) is -0.350. The van der Waals surface area contributed by atoms with Crippen molar-refractivity contribution in [2.75, 3.05) is 32.8 Å². The number of carbonyl (C=O) groups is 2. The normalized spacial score (nSPS) is 21.5. The highest BCUT2D eigenvalue weighted by molar-refractivity contribution is 6.02. The van der Waals surface area contributed by atoms with Crippen molar-refractivity contribution in [2.24, 2.45) is 5.92 Å². The van der Waals surface area contributed by atoms with Gasteiger partial charge < -0.3 is 24.7 Å². The third-order valence-corrected chi connectivity index (χ3v) is 6.94. The van der Waals surface area contributed by atoms with Crippen LogP contribution in [-0.4, -0.2) is 82.5 Å². The smallest absolute Gasteiger partial charge is 0.326 e. The lowest BCUT2D eigenvalue weighted by atomic mass is 9.96. The number of alkyl halides is 1. The third-order valence-electron chi connectivity index (χ3n) is 6.94. The van der Waals surface area contributed by atoms with Gasteiger partial charge in [-0.15, -0.1) is 0 Å². The monoisotopic (exact) mass is 498 g/mol. The van der Waals surface area contributed by atoms with Gasteiger partial charge in [-0.2, -0.15) is 0 Å². The summed E-state index contributed by atoms with van der Waals surface area (Å²) in [5, 5.41) is 19.4. The second kappa shape index (κ2) is 11.0. The molecule has 2 aromatic rings. The Labute approximate surface area is 211 Å². The number of carbonyl (C=O) groups excluding carboxylic acids is 1. The number of likely N-dealkylation sites (tertiary alicyclic amines) is 2. The fourth-order valence-corrected chi connectivity index (χ4v) is 5.14. The molecule has 0 aromatic heterocycles. The van der Waals surface area contributed by atoms with Crippen molar-refractivity contribution >= 4 is 11.9 Å². The molecule has 8 heteroatoms. The Morgan fingerprint density at radius 3 is 2.39 bits per heavy atom. The van der Waals surface area contributed by atoms with Crippen LogP contribution in [0.2, 0.25) is 0 Å². The lowest BCUT2D eigenvalue weighted by Crippen LogP contribution is -2.41. The molecule has 0 spiro atoms. The number of aliphatic hydroxyl groups excluding tert-OH is 1. The number of carboxylic acids is 1. The summed E-state index contributed by atoms with van der Waals surface area (Å²) in [7, 11) is 0. The van der Waals surface area contributed by atoms with Gasteiger partial charge in [0.2, 0.25) is 0 Å². The number of halogens is 1. The largest absolute Gasteiger partial charge is 0.493 e. The Kier molecular flexibility index (Phi) is 7.95. The molecule has 2 saturated heterocycles. The van der Waals surface area contributed by atoms with E-state index in [9.17, 15) is 24.2 Å². The molecule has 194 valence electrons. The lowest BCUT2D eigenvalue weighted by Gasteiger charge is -2.34. The maximum atomic E-state index is 13.9. The summed E-state index contributed by atoms with van der Waals surface area (Å²) in [4.78, 5) is 28.3. The highest BCUT2D eigenvalue weighted by atomic mass is 19.1. The molecule has 2 atom stereocenters. The van der Waals surface area contributed by atoms with E-state index < -0.39 is 29.7 Å². The Bertz CT molecular complexity index is 1060. The first kappa shape index (κ1) is 26.1. The number of hydrogen-bond acceptors (Lipinski definition) is 5. The summed E-state index contributed by atoms with van der Waals surface area (Å²) in [6.07, 6.45) is 1.14. The SMILES string of the molecule is CC(C)(F)CN1CCC(COc2ccc(-c3ccccc3C(=O)N3CC(O)CC3C(=O)O)cc2)CC1. The van der Waals surface area contributed by atoms with Crippen LogP contribution in [0.25, 0.3) is 11.1 Å². The first-order chi connectivity index (χ1) is 17.1. The van der Waals surface area contributed by atoms with Gasteiger partial charge in [0, 0.05) is 25.1 Å². The van der Waals surface area contributed by atoms with Crippen LogP contribution in [-0.2, 0) is 4.79 Å². The lowest BCUT2D eigenvalue weighted by molar-refractivity contribution is -0.141. The molecule has 2 aliphatic rings. The number of carboxylic acid groups (broad SMARTS) is 1. The Morgan fingerprint density at radius 2 is 1.75 bits per heavy atom. The van der Waals surface area contributed by atoms with E-state index in [4.69, 9.17) is 4.74 Å². The van der Waals surface area contributed by atoms with Crippen LogP contribution in [0.1, 0.15) is 43.5 Å². The van der Waals surface area contributed by atoms with Crippen molar-refractivity contribution in [3.8, 4) is 16.9 Å². The van der Waals surface area contributed by atoms with Gasteiger partial charge >= 0.3 is 5.97 Å². The maximum absolute atomic E-state index is 13.9. The third kappa shape index (κ3) is 6.42. The highest BCUT2D eigenvalue weighted by Gasteiger charge is 2.39. The summed E-state index contributed by atoms with van der Waals surface area (Å²) >= 11 is 0. The molecule has 2 fully saturated rings. The van der Waals surface area contributed by atoms with Crippen LogP contribution in [0.4, 0.5) is 4.39 Å². The van der Waals surface area contributed by atoms with E-state index in [1.807, 2.05) is 36.4 Å². The maximum Gasteiger partial charge on any atom is 0.326 e. The van der Waals surface area contributed by atoms with E-state index >= 15 is 0 Å². The van der Waals surface area contributed by atoms with Gasteiger partial charge in [-0.25, -0.2) is 9.18 Å². The quantitative estimate of drug-likeness (QED) is 0.575. The minimum Gasteiger partial charge on any atom is -0.493 e. The van der Waals surface area contributed by atoms with Crippen LogP contribution in [0.15, 0.2) is 48.5 Å². The van der Waals surface area contributed by atoms with Gasteiger partial charge in [0.1, 0.15) is 17.5 Å². The zero-order chi connectivity index (χ0) is 25.9. The van der Waals surface area contributed by atoms with Gasteiger partial charge in [-0.3, -0.25) is 4.79 Å². The van der Waals surface area contributed by atoms with Crippen LogP contribution >= 0.6 is 0 Å². The molecule has 2 aliphatic heterocycles. The van der Waals surface area contributed by atoms with Crippen LogP contribution < -0.4 is 4.74 Å². The van der Waals surface area contributed by atoms with E-state index in [2.05, 4.69) is 4.90 Å². The summed E-state index contributed by atoms with van der Waals surface area (Å²) < 4.78 is 19.9. The standard InChI is InChI=1S/C28H35FN2O5/c1-28(2,29)18-30-13-11-19(12-14-30)17-36-22-9-7-20(8-10-22)23-5-3-4-6-24(23)26(33)31-16-21(32)15-25(31)27(34)35/h3-10,19,21,25,32H,11-18H2,1-2H3,(H,34,35). The molecule has 0 radical (unpaired) electrons. The number of hydrogen-bond donors (Lipinski definition) is 2. The van der Waals surface area contributed by atoms with E-state index in [0.29, 0.717) is 30.2 Å². The second-order valence-corrected chi connectivity index (χ2v) is 10.5. The summed E-state index contributed by atoms with van der Waals surface area (Å²) in [6.45, 7) is 6.05. The number of amides is 1. The van der Waals surface area contributed by atoms with Crippen LogP contribution in [0, 0.1) is 5.92 Å². The van der Waals surface area contributed by atoms with Crippen molar-refractivity contribution in [3.05, 3.63) is 54.1 Å².